The second-order valence-corrected chi connectivity index (χ2v) is 3.30. The van der Waals surface area contributed by atoms with Gasteiger partial charge in [0, 0.05) is 6.42 Å². The first kappa shape index (κ1) is 10.5. The lowest BCUT2D eigenvalue weighted by Gasteiger charge is -1.98. The van der Waals surface area contributed by atoms with Gasteiger partial charge in [0.25, 0.3) is 0 Å². The lowest BCUT2D eigenvalue weighted by Crippen LogP contribution is -1.96. The number of rotatable bonds is 3. The van der Waals surface area contributed by atoms with Crippen LogP contribution in [0, 0.1) is 5.82 Å². The van der Waals surface area contributed by atoms with Crippen molar-refractivity contribution in [2.24, 2.45) is 0 Å². The van der Waals surface area contributed by atoms with Crippen molar-refractivity contribution in [2.45, 2.75) is 13.3 Å². The number of halogens is 1. The number of carbonyl (C=O) groups is 1. The third-order valence-corrected chi connectivity index (χ3v) is 2.19. The molecule has 0 saturated carbocycles. The van der Waals surface area contributed by atoms with Crippen LogP contribution in [0.2, 0.25) is 0 Å². The Balaban J connectivity index is 2.31. The van der Waals surface area contributed by atoms with Gasteiger partial charge < -0.3 is 0 Å². The predicted octanol–water partition coefficient (Wildman–Crippen LogP) is 2.00. The molecule has 4 nitrogen and oxygen atoms in total. The summed E-state index contributed by atoms with van der Waals surface area (Å²) in [4.78, 5) is 11.3. The molecule has 1 aromatic carbocycles. The Bertz CT molecular complexity index is 504. The Hall–Kier alpha value is -2.04. The van der Waals surface area contributed by atoms with Gasteiger partial charge in [0.15, 0.2) is 5.78 Å². The van der Waals surface area contributed by atoms with Crippen molar-refractivity contribution in [3.8, 4) is 5.69 Å². The number of carbonyl (C=O) groups excluding carboxylic acids is 1. The van der Waals surface area contributed by atoms with Crippen LogP contribution in [0.5, 0.6) is 0 Å². The van der Waals surface area contributed by atoms with Crippen molar-refractivity contribution in [3.05, 3.63) is 42.0 Å². The van der Waals surface area contributed by atoms with E-state index in [-0.39, 0.29) is 11.6 Å². The van der Waals surface area contributed by atoms with Crippen LogP contribution >= 0.6 is 0 Å². The summed E-state index contributed by atoms with van der Waals surface area (Å²) >= 11 is 0. The molecular weight excluding hydrogens is 209 g/mol. The van der Waals surface area contributed by atoms with Crippen LogP contribution in [0.15, 0.2) is 30.5 Å². The first-order chi connectivity index (χ1) is 7.70. The second kappa shape index (κ2) is 4.22. The van der Waals surface area contributed by atoms with Gasteiger partial charge in [-0.15, -0.1) is 5.10 Å². The van der Waals surface area contributed by atoms with E-state index in [0.717, 1.165) is 0 Å². The van der Waals surface area contributed by atoms with E-state index in [4.69, 9.17) is 0 Å². The molecule has 1 aromatic heterocycles. The third-order valence-electron chi connectivity index (χ3n) is 2.19. The van der Waals surface area contributed by atoms with Gasteiger partial charge in [0.2, 0.25) is 0 Å². The third kappa shape index (κ3) is 1.98. The fourth-order valence-corrected chi connectivity index (χ4v) is 1.29. The summed E-state index contributed by atoms with van der Waals surface area (Å²) in [5, 5.41) is 7.56. The van der Waals surface area contributed by atoms with E-state index >= 15 is 0 Å². The van der Waals surface area contributed by atoms with Crippen molar-refractivity contribution in [1.82, 2.24) is 15.0 Å². The molecule has 0 spiro atoms. The van der Waals surface area contributed by atoms with Crippen molar-refractivity contribution in [2.75, 3.05) is 0 Å². The lowest BCUT2D eigenvalue weighted by molar-refractivity contribution is 0.0983. The maximum Gasteiger partial charge on any atom is 0.184 e. The molecule has 0 amide bonds. The Kier molecular flexibility index (Phi) is 2.76. The standard InChI is InChI=1S/C11H10FN3O/c1-2-11(16)10-7-15(14-13-10)9-5-3-8(12)4-6-9/h3-7H,2H2,1H3. The highest BCUT2D eigenvalue weighted by atomic mass is 19.1. The van der Waals surface area contributed by atoms with Gasteiger partial charge in [-0.2, -0.15) is 0 Å². The number of Topliss-reactive ketones (excluding diaryl/α,β-unsaturated/α-hetero) is 1. The van der Waals surface area contributed by atoms with E-state index in [0.29, 0.717) is 17.8 Å². The van der Waals surface area contributed by atoms with Gasteiger partial charge in [0.05, 0.1) is 11.9 Å². The molecule has 82 valence electrons. The van der Waals surface area contributed by atoms with Gasteiger partial charge in [-0.1, -0.05) is 12.1 Å². The molecule has 0 aliphatic heterocycles. The molecule has 0 saturated heterocycles. The Morgan fingerprint density at radius 3 is 2.69 bits per heavy atom. The molecule has 2 aromatic rings. The zero-order valence-corrected chi connectivity index (χ0v) is 8.72. The van der Waals surface area contributed by atoms with Crippen LogP contribution in [-0.2, 0) is 0 Å². The summed E-state index contributed by atoms with van der Waals surface area (Å²) < 4.78 is 14.1. The Morgan fingerprint density at radius 1 is 1.38 bits per heavy atom. The molecule has 2 rings (SSSR count). The second-order valence-electron chi connectivity index (χ2n) is 3.30. The number of hydrogen-bond acceptors (Lipinski definition) is 3. The van der Waals surface area contributed by atoms with E-state index in [1.54, 1.807) is 25.3 Å². The topological polar surface area (TPSA) is 47.8 Å². The van der Waals surface area contributed by atoms with Gasteiger partial charge in [-0.25, -0.2) is 9.07 Å². The Labute approximate surface area is 91.7 Å². The highest BCUT2D eigenvalue weighted by Crippen LogP contribution is 2.08. The largest absolute Gasteiger partial charge is 0.292 e. The average Bonchev–Trinajstić information content (AvgIpc) is 2.78. The smallest absolute Gasteiger partial charge is 0.184 e. The molecule has 5 heteroatoms. The molecule has 0 N–H and O–H groups in total. The zero-order chi connectivity index (χ0) is 11.5. The van der Waals surface area contributed by atoms with Gasteiger partial charge in [-0.05, 0) is 24.3 Å². The van der Waals surface area contributed by atoms with Crippen LogP contribution in [-0.4, -0.2) is 20.8 Å². The van der Waals surface area contributed by atoms with Crippen LogP contribution in [0.25, 0.3) is 5.69 Å². The minimum atomic E-state index is -0.311. The van der Waals surface area contributed by atoms with Crippen LogP contribution in [0.3, 0.4) is 0 Å². The predicted molar refractivity (Wildman–Crippen MR) is 55.9 cm³/mol. The van der Waals surface area contributed by atoms with E-state index in [9.17, 15) is 9.18 Å². The quantitative estimate of drug-likeness (QED) is 0.742. The number of ketones is 1. The molecule has 0 aliphatic rings. The summed E-state index contributed by atoms with van der Waals surface area (Å²) in [6.45, 7) is 1.76. The van der Waals surface area contributed by atoms with E-state index in [1.807, 2.05) is 0 Å². The molecule has 1 heterocycles. The molecule has 16 heavy (non-hydrogen) atoms. The van der Waals surface area contributed by atoms with Crippen molar-refractivity contribution < 1.29 is 9.18 Å². The van der Waals surface area contributed by atoms with Gasteiger partial charge >= 0.3 is 0 Å². The highest BCUT2D eigenvalue weighted by molar-refractivity contribution is 5.93. The highest BCUT2D eigenvalue weighted by Gasteiger charge is 2.08. The monoisotopic (exact) mass is 219 g/mol. The Morgan fingerprint density at radius 2 is 2.06 bits per heavy atom. The molecule has 0 fully saturated rings. The summed E-state index contributed by atoms with van der Waals surface area (Å²) in [6, 6.07) is 5.81. The molecule has 0 atom stereocenters. The first-order valence-corrected chi connectivity index (χ1v) is 4.92. The fraction of sp³-hybridized carbons (Fsp3) is 0.182. The van der Waals surface area contributed by atoms with Crippen LogP contribution < -0.4 is 0 Å². The summed E-state index contributed by atoms with van der Waals surface area (Å²) in [5.41, 5.74) is 0.996. The van der Waals surface area contributed by atoms with E-state index in [1.165, 1.54) is 16.8 Å². The summed E-state index contributed by atoms with van der Waals surface area (Å²) in [5.74, 6) is -0.373. The molecule has 0 radical (unpaired) electrons. The van der Waals surface area contributed by atoms with E-state index < -0.39 is 0 Å². The molecule has 0 aliphatic carbocycles. The zero-order valence-electron chi connectivity index (χ0n) is 8.72. The van der Waals surface area contributed by atoms with Crippen molar-refractivity contribution in [3.63, 3.8) is 0 Å². The maximum atomic E-state index is 12.7. The number of hydrogen-bond donors (Lipinski definition) is 0. The number of aromatic nitrogens is 3. The first-order valence-electron chi connectivity index (χ1n) is 4.92. The van der Waals surface area contributed by atoms with Gasteiger partial charge in [0.1, 0.15) is 11.5 Å². The fourth-order valence-electron chi connectivity index (χ4n) is 1.29. The van der Waals surface area contributed by atoms with Crippen molar-refractivity contribution >= 4 is 5.78 Å². The van der Waals surface area contributed by atoms with Gasteiger partial charge in [-0.3, -0.25) is 4.79 Å². The van der Waals surface area contributed by atoms with Crippen LogP contribution in [0.4, 0.5) is 4.39 Å². The number of benzene rings is 1. The van der Waals surface area contributed by atoms with Crippen molar-refractivity contribution in [1.29, 1.82) is 0 Å². The minimum absolute atomic E-state index is 0.0617. The summed E-state index contributed by atoms with van der Waals surface area (Å²) in [6.07, 6.45) is 1.93. The lowest BCUT2D eigenvalue weighted by atomic mass is 10.2. The SMILES string of the molecule is CCC(=O)c1cn(-c2ccc(F)cc2)nn1. The van der Waals surface area contributed by atoms with Crippen LogP contribution in [0.1, 0.15) is 23.8 Å². The molecule has 0 bridgehead atoms. The molecular formula is C11H10FN3O. The maximum absolute atomic E-state index is 12.7. The van der Waals surface area contributed by atoms with E-state index in [2.05, 4.69) is 10.3 Å². The molecule has 0 unspecified atom stereocenters. The average molecular weight is 219 g/mol. The minimum Gasteiger partial charge on any atom is -0.292 e. The summed E-state index contributed by atoms with van der Waals surface area (Å²) in [7, 11) is 0. The number of nitrogens with zero attached hydrogens (tertiary/aromatic N) is 3. The normalized spacial score (nSPS) is 10.4.